The number of amidine groups is 1. The number of amides is 1. The Labute approximate surface area is 170 Å². The SMILES string of the molecule is NC=C(C(=O)c1cccc(OCC(=O)NCC(=O)O)c1)C(N)=Nc1ccc(F)cc1. The number of ketones is 1. The van der Waals surface area contributed by atoms with Crippen molar-refractivity contribution in [1.82, 2.24) is 5.32 Å². The minimum absolute atomic E-state index is 0.0734. The van der Waals surface area contributed by atoms with Crippen LogP contribution in [0.2, 0.25) is 0 Å². The lowest BCUT2D eigenvalue weighted by Crippen LogP contribution is -2.33. The molecule has 2 aromatic rings. The van der Waals surface area contributed by atoms with E-state index >= 15 is 0 Å². The Kier molecular flexibility index (Phi) is 7.63. The van der Waals surface area contributed by atoms with Crippen LogP contribution in [0, 0.1) is 5.82 Å². The second-order valence-electron chi connectivity index (χ2n) is 5.87. The summed E-state index contributed by atoms with van der Waals surface area (Å²) in [6.45, 7) is -0.962. The quantitative estimate of drug-likeness (QED) is 0.207. The van der Waals surface area contributed by atoms with Gasteiger partial charge in [-0.05, 0) is 36.4 Å². The van der Waals surface area contributed by atoms with Crippen molar-refractivity contribution in [2.75, 3.05) is 13.2 Å². The first-order valence-corrected chi connectivity index (χ1v) is 8.58. The van der Waals surface area contributed by atoms with Crippen LogP contribution < -0.4 is 21.5 Å². The van der Waals surface area contributed by atoms with E-state index in [2.05, 4.69) is 10.3 Å². The topological polar surface area (TPSA) is 157 Å². The molecule has 10 heteroatoms. The monoisotopic (exact) mass is 414 g/mol. The first-order chi connectivity index (χ1) is 14.3. The number of carboxylic acids is 1. The van der Waals surface area contributed by atoms with Crippen molar-refractivity contribution in [2.24, 2.45) is 16.5 Å². The summed E-state index contributed by atoms with van der Waals surface area (Å²) in [5, 5.41) is 10.7. The molecular weight excluding hydrogens is 395 g/mol. The van der Waals surface area contributed by atoms with Gasteiger partial charge in [0.05, 0.1) is 11.3 Å². The normalized spacial score (nSPS) is 11.6. The average Bonchev–Trinajstić information content (AvgIpc) is 2.73. The first-order valence-electron chi connectivity index (χ1n) is 8.58. The van der Waals surface area contributed by atoms with Gasteiger partial charge in [0.25, 0.3) is 5.91 Å². The standard InChI is InChI=1S/C20H19FN4O5/c21-13-4-6-14(7-5-13)25-20(23)16(9-22)19(29)12-2-1-3-15(8-12)30-11-17(26)24-10-18(27)28/h1-9H,10-11,22H2,(H2,23,25)(H,24,26)(H,27,28). The Morgan fingerprint density at radius 1 is 1.17 bits per heavy atom. The van der Waals surface area contributed by atoms with Gasteiger partial charge in [0.15, 0.2) is 12.4 Å². The van der Waals surface area contributed by atoms with E-state index in [0.29, 0.717) is 5.69 Å². The van der Waals surface area contributed by atoms with Crippen LogP contribution in [0.15, 0.2) is 65.3 Å². The van der Waals surface area contributed by atoms with Gasteiger partial charge in [0.1, 0.15) is 23.9 Å². The van der Waals surface area contributed by atoms with E-state index in [4.69, 9.17) is 21.3 Å². The summed E-state index contributed by atoms with van der Waals surface area (Å²) < 4.78 is 18.3. The van der Waals surface area contributed by atoms with Crippen molar-refractivity contribution in [1.29, 1.82) is 0 Å². The minimum atomic E-state index is -1.18. The first kappa shape index (κ1) is 22.1. The van der Waals surface area contributed by atoms with E-state index in [1.54, 1.807) is 0 Å². The van der Waals surface area contributed by atoms with Gasteiger partial charge < -0.3 is 26.6 Å². The van der Waals surface area contributed by atoms with E-state index in [1.807, 2.05) is 0 Å². The summed E-state index contributed by atoms with van der Waals surface area (Å²) in [4.78, 5) is 38.8. The maximum absolute atomic E-state index is 13.0. The molecule has 2 rings (SSSR count). The van der Waals surface area contributed by atoms with Gasteiger partial charge in [-0.2, -0.15) is 0 Å². The molecule has 0 fully saturated rings. The predicted octanol–water partition coefficient (Wildman–Crippen LogP) is 1.12. The fourth-order valence-electron chi connectivity index (χ4n) is 2.25. The molecule has 0 atom stereocenters. The highest BCUT2D eigenvalue weighted by Gasteiger charge is 2.17. The third-order valence-electron chi connectivity index (χ3n) is 3.67. The number of halogens is 1. The third-order valence-corrected chi connectivity index (χ3v) is 3.67. The molecule has 0 saturated heterocycles. The zero-order valence-electron chi connectivity index (χ0n) is 15.7. The largest absolute Gasteiger partial charge is 0.484 e. The maximum atomic E-state index is 13.0. The number of carbonyl (C=O) groups is 3. The molecule has 156 valence electrons. The van der Waals surface area contributed by atoms with Crippen molar-refractivity contribution in [3.05, 3.63) is 71.7 Å². The molecule has 0 saturated carbocycles. The number of carbonyl (C=O) groups excluding carboxylic acids is 2. The van der Waals surface area contributed by atoms with Gasteiger partial charge in [-0.3, -0.25) is 14.4 Å². The molecule has 0 aromatic heterocycles. The van der Waals surface area contributed by atoms with Gasteiger partial charge in [0, 0.05) is 11.8 Å². The molecule has 0 bridgehead atoms. The average molecular weight is 414 g/mol. The van der Waals surface area contributed by atoms with Gasteiger partial charge in [-0.25, -0.2) is 9.38 Å². The number of nitrogens with one attached hydrogen (secondary N) is 1. The molecule has 9 nitrogen and oxygen atoms in total. The fraction of sp³-hybridized carbons (Fsp3) is 0.100. The third kappa shape index (κ3) is 6.44. The van der Waals surface area contributed by atoms with Gasteiger partial charge in [-0.15, -0.1) is 0 Å². The van der Waals surface area contributed by atoms with Crippen molar-refractivity contribution < 1.29 is 28.6 Å². The van der Waals surface area contributed by atoms with Gasteiger partial charge in [0.2, 0.25) is 0 Å². The molecule has 30 heavy (non-hydrogen) atoms. The Bertz CT molecular complexity index is 1000. The summed E-state index contributed by atoms with van der Waals surface area (Å²) in [5.41, 5.74) is 11.9. The number of carboxylic acid groups (broad SMARTS) is 1. The summed E-state index contributed by atoms with van der Waals surface area (Å²) in [7, 11) is 0. The summed E-state index contributed by atoms with van der Waals surface area (Å²) >= 11 is 0. The van der Waals surface area contributed by atoms with Crippen LogP contribution in [-0.4, -0.2) is 41.8 Å². The lowest BCUT2D eigenvalue weighted by molar-refractivity contribution is -0.138. The summed E-state index contributed by atoms with van der Waals surface area (Å²) in [6.07, 6.45) is 1.01. The number of nitrogens with two attached hydrogens (primary N) is 2. The van der Waals surface area contributed by atoms with Crippen LogP contribution >= 0.6 is 0 Å². The Balaban J connectivity index is 2.11. The van der Waals surface area contributed by atoms with Crippen LogP contribution in [0.5, 0.6) is 5.75 Å². The molecule has 1 amide bonds. The second kappa shape index (κ2) is 10.4. The van der Waals surface area contributed by atoms with Crippen molar-refractivity contribution in [2.45, 2.75) is 0 Å². The number of rotatable bonds is 9. The number of hydrogen-bond donors (Lipinski definition) is 4. The van der Waals surface area contributed by atoms with Gasteiger partial charge >= 0.3 is 5.97 Å². The van der Waals surface area contributed by atoms with Crippen molar-refractivity contribution >= 4 is 29.2 Å². The van der Waals surface area contributed by atoms with Crippen LogP contribution in [-0.2, 0) is 9.59 Å². The highest BCUT2D eigenvalue weighted by molar-refractivity contribution is 6.27. The molecule has 2 aromatic carbocycles. The molecule has 0 aliphatic heterocycles. The van der Waals surface area contributed by atoms with Crippen molar-refractivity contribution in [3.8, 4) is 5.75 Å². The maximum Gasteiger partial charge on any atom is 0.322 e. The van der Waals surface area contributed by atoms with E-state index < -0.39 is 36.6 Å². The number of aliphatic carboxylic acids is 1. The number of aliphatic imine (C=N–C) groups is 1. The van der Waals surface area contributed by atoms with E-state index in [1.165, 1.54) is 48.5 Å². The van der Waals surface area contributed by atoms with Crippen LogP contribution in [0.1, 0.15) is 10.4 Å². The highest BCUT2D eigenvalue weighted by atomic mass is 19.1. The second-order valence-corrected chi connectivity index (χ2v) is 5.87. The number of Topliss-reactive ketones (excluding diaryl/α,β-unsaturated/α-hetero) is 1. The highest BCUT2D eigenvalue weighted by Crippen LogP contribution is 2.18. The Morgan fingerprint density at radius 2 is 1.87 bits per heavy atom. The summed E-state index contributed by atoms with van der Waals surface area (Å²) in [5.74, 6) is -2.75. The number of hydrogen-bond acceptors (Lipinski definition) is 6. The molecular formula is C20H19FN4O5. The van der Waals surface area contributed by atoms with Crippen LogP contribution in [0.4, 0.5) is 10.1 Å². The van der Waals surface area contributed by atoms with E-state index in [-0.39, 0.29) is 22.7 Å². The van der Waals surface area contributed by atoms with E-state index in [9.17, 15) is 18.8 Å². The van der Waals surface area contributed by atoms with Crippen LogP contribution in [0.3, 0.4) is 0 Å². The molecule has 0 spiro atoms. The zero-order chi connectivity index (χ0) is 22.1. The van der Waals surface area contributed by atoms with Crippen LogP contribution in [0.25, 0.3) is 0 Å². The fourth-order valence-corrected chi connectivity index (χ4v) is 2.25. The molecule has 0 aliphatic carbocycles. The Morgan fingerprint density at radius 3 is 2.50 bits per heavy atom. The van der Waals surface area contributed by atoms with Gasteiger partial charge in [-0.1, -0.05) is 12.1 Å². The number of ether oxygens (including phenoxy) is 1. The molecule has 0 aliphatic rings. The predicted molar refractivity (Wildman–Crippen MR) is 107 cm³/mol. The lowest BCUT2D eigenvalue weighted by atomic mass is 10.0. The number of benzene rings is 2. The Hall–Kier alpha value is -4.21. The molecule has 0 unspecified atom stereocenters. The summed E-state index contributed by atoms with van der Waals surface area (Å²) in [6, 6.07) is 11.1. The minimum Gasteiger partial charge on any atom is -0.484 e. The zero-order valence-corrected chi connectivity index (χ0v) is 15.7. The molecule has 0 radical (unpaired) electrons. The molecule has 0 heterocycles. The molecule has 6 N–H and O–H groups in total. The van der Waals surface area contributed by atoms with Crippen molar-refractivity contribution in [3.63, 3.8) is 0 Å². The smallest absolute Gasteiger partial charge is 0.322 e. The number of nitrogens with zero attached hydrogens (tertiary/aromatic N) is 1. The van der Waals surface area contributed by atoms with E-state index in [0.717, 1.165) is 6.20 Å². The lowest BCUT2D eigenvalue weighted by Gasteiger charge is -2.09.